The van der Waals surface area contributed by atoms with Crippen LogP contribution in [0.1, 0.15) is 28.5 Å². The van der Waals surface area contributed by atoms with Gasteiger partial charge in [-0.1, -0.05) is 24.3 Å². The van der Waals surface area contributed by atoms with Crippen LogP contribution in [-0.4, -0.2) is 17.4 Å². The van der Waals surface area contributed by atoms with Crippen molar-refractivity contribution >= 4 is 17.2 Å². The van der Waals surface area contributed by atoms with Gasteiger partial charge in [0.05, 0.1) is 10.9 Å². The molecular weight excluding hydrogens is 256 g/mol. The lowest BCUT2D eigenvalue weighted by molar-refractivity contribution is -0.122. The zero-order chi connectivity index (χ0) is 13.1. The summed E-state index contributed by atoms with van der Waals surface area (Å²) >= 11 is 1.63. The molecule has 1 atom stereocenters. The molecule has 0 saturated carbocycles. The first-order valence-corrected chi connectivity index (χ1v) is 7.46. The Morgan fingerprint density at radius 3 is 3.16 bits per heavy atom. The first-order valence-electron chi connectivity index (χ1n) is 6.58. The number of aryl methyl sites for hydroxylation is 1. The van der Waals surface area contributed by atoms with Gasteiger partial charge in [-0.3, -0.25) is 4.79 Å². The number of carbonyl (C=O) groups excluding carboxylic acids is 1. The SMILES string of the molecule is O=C(NCCc1nccs1)C1CCc2ccccc21. The average Bonchev–Trinajstić information content (AvgIpc) is 3.07. The standard InChI is InChI=1S/C15H16N2OS/c18-15(17-8-7-14-16-9-10-19-14)13-6-5-11-3-1-2-4-12(11)13/h1-4,9-10,13H,5-8H2,(H,17,18). The van der Waals surface area contributed by atoms with Crippen molar-refractivity contribution in [2.24, 2.45) is 0 Å². The van der Waals surface area contributed by atoms with Gasteiger partial charge in [-0.15, -0.1) is 11.3 Å². The van der Waals surface area contributed by atoms with Crippen molar-refractivity contribution in [1.82, 2.24) is 10.3 Å². The average molecular weight is 272 g/mol. The van der Waals surface area contributed by atoms with Crippen molar-refractivity contribution in [2.75, 3.05) is 6.54 Å². The lowest BCUT2D eigenvalue weighted by Crippen LogP contribution is -2.30. The zero-order valence-electron chi connectivity index (χ0n) is 10.6. The predicted octanol–water partition coefficient (Wildman–Crippen LogP) is 2.53. The number of aromatic nitrogens is 1. The van der Waals surface area contributed by atoms with E-state index in [-0.39, 0.29) is 11.8 Å². The Balaban J connectivity index is 1.57. The minimum Gasteiger partial charge on any atom is -0.355 e. The molecule has 0 aliphatic heterocycles. The summed E-state index contributed by atoms with van der Waals surface area (Å²) < 4.78 is 0. The molecule has 1 aromatic heterocycles. The molecule has 1 heterocycles. The Bertz CT molecular complexity index is 565. The number of rotatable bonds is 4. The van der Waals surface area contributed by atoms with E-state index in [1.165, 1.54) is 11.1 Å². The minimum atomic E-state index is 0.0347. The Kier molecular flexibility index (Phi) is 3.60. The minimum absolute atomic E-state index is 0.0347. The number of thiazole rings is 1. The summed E-state index contributed by atoms with van der Waals surface area (Å²) in [6.45, 7) is 0.672. The summed E-state index contributed by atoms with van der Waals surface area (Å²) in [7, 11) is 0. The van der Waals surface area contributed by atoms with Crippen molar-refractivity contribution in [3.8, 4) is 0 Å². The third kappa shape index (κ3) is 2.68. The zero-order valence-corrected chi connectivity index (χ0v) is 11.5. The molecule has 1 aliphatic carbocycles. The second-order valence-corrected chi connectivity index (χ2v) is 5.74. The molecule has 1 unspecified atom stereocenters. The highest BCUT2D eigenvalue weighted by Gasteiger charge is 2.27. The van der Waals surface area contributed by atoms with E-state index in [0.717, 1.165) is 24.3 Å². The van der Waals surface area contributed by atoms with Crippen LogP contribution in [0.2, 0.25) is 0 Å². The van der Waals surface area contributed by atoms with Gasteiger partial charge in [-0.2, -0.15) is 0 Å². The molecule has 0 spiro atoms. The van der Waals surface area contributed by atoms with E-state index in [9.17, 15) is 4.79 Å². The van der Waals surface area contributed by atoms with Crippen LogP contribution in [-0.2, 0) is 17.6 Å². The highest BCUT2D eigenvalue weighted by molar-refractivity contribution is 7.09. The molecule has 3 nitrogen and oxygen atoms in total. The van der Waals surface area contributed by atoms with Crippen LogP contribution in [0, 0.1) is 0 Å². The molecule has 1 amide bonds. The van der Waals surface area contributed by atoms with Crippen LogP contribution < -0.4 is 5.32 Å². The first-order chi connectivity index (χ1) is 9.34. The van der Waals surface area contributed by atoms with Gasteiger partial charge in [0, 0.05) is 24.5 Å². The van der Waals surface area contributed by atoms with Gasteiger partial charge < -0.3 is 5.32 Å². The maximum atomic E-state index is 12.2. The fourth-order valence-electron chi connectivity index (χ4n) is 2.62. The molecule has 1 aromatic carbocycles. The van der Waals surface area contributed by atoms with Crippen LogP contribution in [0.4, 0.5) is 0 Å². The van der Waals surface area contributed by atoms with Crippen molar-refractivity contribution < 1.29 is 4.79 Å². The second-order valence-electron chi connectivity index (χ2n) is 4.76. The van der Waals surface area contributed by atoms with Crippen LogP contribution in [0.3, 0.4) is 0 Å². The van der Waals surface area contributed by atoms with E-state index in [0.29, 0.717) is 6.54 Å². The van der Waals surface area contributed by atoms with Gasteiger partial charge in [0.2, 0.25) is 5.91 Å². The van der Waals surface area contributed by atoms with Gasteiger partial charge >= 0.3 is 0 Å². The fraction of sp³-hybridized carbons (Fsp3) is 0.333. The molecule has 2 aromatic rings. The van der Waals surface area contributed by atoms with Crippen molar-refractivity contribution in [2.45, 2.75) is 25.2 Å². The van der Waals surface area contributed by atoms with Gasteiger partial charge in [-0.25, -0.2) is 4.98 Å². The molecule has 98 valence electrons. The number of hydrogen-bond donors (Lipinski definition) is 1. The largest absolute Gasteiger partial charge is 0.355 e. The number of nitrogens with zero attached hydrogens (tertiary/aromatic N) is 1. The van der Waals surface area contributed by atoms with E-state index in [2.05, 4.69) is 22.4 Å². The Hall–Kier alpha value is -1.68. The summed E-state index contributed by atoms with van der Waals surface area (Å²) in [5, 5.41) is 6.07. The molecule has 19 heavy (non-hydrogen) atoms. The van der Waals surface area contributed by atoms with E-state index >= 15 is 0 Å². The topological polar surface area (TPSA) is 42.0 Å². The van der Waals surface area contributed by atoms with Crippen molar-refractivity contribution in [3.63, 3.8) is 0 Å². The van der Waals surface area contributed by atoms with Crippen LogP contribution in [0.15, 0.2) is 35.8 Å². The Morgan fingerprint density at radius 1 is 1.42 bits per heavy atom. The second kappa shape index (κ2) is 5.53. The summed E-state index contributed by atoms with van der Waals surface area (Å²) in [5.41, 5.74) is 2.52. The van der Waals surface area contributed by atoms with Crippen LogP contribution in [0.5, 0.6) is 0 Å². The Morgan fingerprint density at radius 2 is 2.32 bits per heavy atom. The molecule has 1 aliphatic rings. The van der Waals surface area contributed by atoms with E-state index in [1.807, 2.05) is 17.5 Å². The smallest absolute Gasteiger partial charge is 0.227 e. The number of hydrogen-bond acceptors (Lipinski definition) is 3. The molecule has 0 radical (unpaired) electrons. The van der Waals surface area contributed by atoms with Crippen LogP contribution >= 0.6 is 11.3 Å². The van der Waals surface area contributed by atoms with Crippen molar-refractivity contribution in [1.29, 1.82) is 0 Å². The highest BCUT2D eigenvalue weighted by atomic mass is 32.1. The number of amides is 1. The fourth-order valence-corrected chi connectivity index (χ4v) is 3.24. The quantitative estimate of drug-likeness (QED) is 0.929. The van der Waals surface area contributed by atoms with Gasteiger partial charge in [-0.05, 0) is 24.0 Å². The summed E-state index contributed by atoms with van der Waals surface area (Å²) in [6, 6.07) is 8.26. The third-order valence-electron chi connectivity index (χ3n) is 3.57. The molecular formula is C15H16N2OS. The molecule has 1 N–H and O–H groups in total. The maximum Gasteiger partial charge on any atom is 0.227 e. The lowest BCUT2D eigenvalue weighted by Gasteiger charge is -2.11. The molecule has 0 fully saturated rings. The van der Waals surface area contributed by atoms with Gasteiger partial charge in [0.15, 0.2) is 0 Å². The number of nitrogens with one attached hydrogen (secondary N) is 1. The van der Waals surface area contributed by atoms with Gasteiger partial charge in [0.1, 0.15) is 0 Å². The molecule has 3 rings (SSSR count). The van der Waals surface area contributed by atoms with E-state index < -0.39 is 0 Å². The van der Waals surface area contributed by atoms with Gasteiger partial charge in [0.25, 0.3) is 0 Å². The van der Waals surface area contributed by atoms with Crippen LogP contribution in [0.25, 0.3) is 0 Å². The Labute approximate surface area is 116 Å². The third-order valence-corrected chi connectivity index (χ3v) is 4.41. The lowest BCUT2D eigenvalue weighted by atomic mass is 10.0. The number of benzene rings is 1. The predicted molar refractivity (Wildman–Crippen MR) is 76.3 cm³/mol. The first kappa shape index (κ1) is 12.4. The summed E-state index contributed by atoms with van der Waals surface area (Å²) in [6.07, 6.45) is 4.57. The maximum absolute atomic E-state index is 12.2. The van der Waals surface area contributed by atoms with Crippen molar-refractivity contribution in [3.05, 3.63) is 52.0 Å². The summed E-state index contributed by atoms with van der Waals surface area (Å²) in [4.78, 5) is 16.4. The number of fused-ring (bicyclic) bond motifs is 1. The normalized spacial score (nSPS) is 17.2. The monoisotopic (exact) mass is 272 g/mol. The highest BCUT2D eigenvalue weighted by Crippen LogP contribution is 2.32. The van der Waals surface area contributed by atoms with E-state index in [1.54, 1.807) is 17.5 Å². The van der Waals surface area contributed by atoms with E-state index in [4.69, 9.17) is 0 Å². The molecule has 0 bridgehead atoms. The summed E-state index contributed by atoms with van der Waals surface area (Å²) in [5.74, 6) is 0.189. The number of carbonyl (C=O) groups is 1. The molecule has 0 saturated heterocycles. The molecule has 4 heteroatoms.